The smallest absolute Gasteiger partial charge is 0.170 e. The molecule has 0 aliphatic heterocycles. The first-order valence-corrected chi connectivity index (χ1v) is 9.90. The van der Waals surface area contributed by atoms with Gasteiger partial charge < -0.3 is 15.6 Å². The summed E-state index contributed by atoms with van der Waals surface area (Å²) in [6, 6.07) is 18.9. The molecular formula is C21H18FN3S2. The van der Waals surface area contributed by atoms with E-state index >= 15 is 0 Å². The van der Waals surface area contributed by atoms with E-state index in [2.05, 4.69) is 51.5 Å². The molecule has 0 saturated heterocycles. The van der Waals surface area contributed by atoms with Crippen LogP contribution in [0.15, 0.2) is 72.2 Å². The quantitative estimate of drug-likeness (QED) is 0.392. The van der Waals surface area contributed by atoms with Gasteiger partial charge in [0, 0.05) is 34.4 Å². The molecule has 2 aromatic carbocycles. The van der Waals surface area contributed by atoms with Crippen LogP contribution in [0.4, 0.5) is 10.1 Å². The molecule has 0 fully saturated rings. The summed E-state index contributed by atoms with van der Waals surface area (Å²) in [5.74, 6) is -0.186. The van der Waals surface area contributed by atoms with Crippen molar-refractivity contribution in [2.75, 3.05) is 11.9 Å². The monoisotopic (exact) mass is 395 g/mol. The van der Waals surface area contributed by atoms with Gasteiger partial charge in [-0.25, -0.2) is 4.39 Å². The van der Waals surface area contributed by atoms with E-state index in [4.69, 9.17) is 12.2 Å². The zero-order valence-electron chi connectivity index (χ0n) is 14.4. The molecule has 1 atom stereocenters. The number of halogens is 1. The minimum absolute atomic E-state index is 0.140. The molecule has 136 valence electrons. The zero-order chi connectivity index (χ0) is 18.6. The molecule has 4 aromatic rings. The number of rotatable bonds is 5. The number of thiocarbonyl (C=S) groups is 1. The average molecular weight is 396 g/mol. The first-order valence-electron chi connectivity index (χ1n) is 8.61. The van der Waals surface area contributed by atoms with E-state index in [0.29, 0.717) is 17.3 Å². The highest BCUT2D eigenvalue weighted by atomic mass is 32.1. The van der Waals surface area contributed by atoms with Gasteiger partial charge in [0.15, 0.2) is 5.11 Å². The van der Waals surface area contributed by atoms with Gasteiger partial charge in [0.25, 0.3) is 0 Å². The summed E-state index contributed by atoms with van der Waals surface area (Å²) in [5.41, 5.74) is 2.70. The molecule has 3 nitrogen and oxygen atoms in total. The second-order valence-corrected chi connectivity index (χ2v) is 7.56. The Hall–Kier alpha value is -2.70. The van der Waals surface area contributed by atoms with Crippen molar-refractivity contribution in [1.29, 1.82) is 0 Å². The molecule has 0 bridgehead atoms. The SMILES string of the molecule is Fc1ccccc1NC(=S)NC[C@@H](c1cccs1)c1c[nH]c2ccccc12. The maximum absolute atomic E-state index is 13.8. The number of fused-ring (bicyclic) bond motifs is 1. The molecule has 0 radical (unpaired) electrons. The minimum atomic E-state index is -0.326. The number of H-pyrrole nitrogens is 1. The average Bonchev–Trinajstić information content (AvgIpc) is 3.35. The van der Waals surface area contributed by atoms with Gasteiger partial charge in [-0.3, -0.25) is 0 Å². The Morgan fingerprint density at radius 1 is 1.07 bits per heavy atom. The van der Waals surface area contributed by atoms with Crippen molar-refractivity contribution in [2.24, 2.45) is 0 Å². The summed E-state index contributed by atoms with van der Waals surface area (Å²) in [6.45, 7) is 0.614. The van der Waals surface area contributed by atoms with Gasteiger partial charge in [0.05, 0.1) is 5.69 Å². The van der Waals surface area contributed by atoms with Gasteiger partial charge >= 0.3 is 0 Å². The van der Waals surface area contributed by atoms with E-state index in [1.807, 2.05) is 12.1 Å². The van der Waals surface area contributed by atoms with E-state index in [1.165, 1.54) is 21.9 Å². The largest absolute Gasteiger partial charge is 0.361 e. The van der Waals surface area contributed by atoms with Gasteiger partial charge in [-0.2, -0.15) is 0 Å². The second kappa shape index (κ2) is 7.90. The van der Waals surface area contributed by atoms with Crippen molar-refractivity contribution in [3.63, 3.8) is 0 Å². The van der Waals surface area contributed by atoms with Crippen molar-refractivity contribution in [3.8, 4) is 0 Å². The summed E-state index contributed by atoms with van der Waals surface area (Å²) in [7, 11) is 0. The van der Waals surface area contributed by atoms with Crippen LogP contribution in [0.5, 0.6) is 0 Å². The first kappa shape index (κ1) is 17.7. The second-order valence-electron chi connectivity index (χ2n) is 6.17. The highest BCUT2D eigenvalue weighted by Gasteiger charge is 2.19. The molecule has 4 rings (SSSR count). The van der Waals surface area contributed by atoms with Gasteiger partial charge in [-0.15, -0.1) is 11.3 Å². The number of thiophene rings is 1. The van der Waals surface area contributed by atoms with E-state index in [1.54, 1.807) is 29.5 Å². The van der Waals surface area contributed by atoms with Crippen LogP contribution in [0.25, 0.3) is 10.9 Å². The summed E-state index contributed by atoms with van der Waals surface area (Å²) in [4.78, 5) is 4.60. The number of hydrogen-bond donors (Lipinski definition) is 3. The van der Waals surface area contributed by atoms with Crippen LogP contribution in [0.1, 0.15) is 16.4 Å². The molecule has 0 spiro atoms. The number of aromatic nitrogens is 1. The third-order valence-electron chi connectivity index (χ3n) is 4.47. The molecule has 0 aliphatic rings. The summed E-state index contributed by atoms with van der Waals surface area (Å²) < 4.78 is 13.8. The lowest BCUT2D eigenvalue weighted by atomic mass is 9.97. The predicted molar refractivity (Wildman–Crippen MR) is 115 cm³/mol. The van der Waals surface area contributed by atoms with Gasteiger partial charge in [-0.1, -0.05) is 36.4 Å². The maximum atomic E-state index is 13.8. The van der Waals surface area contributed by atoms with Crippen LogP contribution in [0.3, 0.4) is 0 Å². The Kier molecular flexibility index (Phi) is 5.18. The lowest BCUT2D eigenvalue weighted by Crippen LogP contribution is -2.32. The van der Waals surface area contributed by atoms with E-state index in [-0.39, 0.29) is 11.7 Å². The third-order valence-corrected chi connectivity index (χ3v) is 5.70. The fraction of sp³-hybridized carbons (Fsp3) is 0.0952. The molecule has 0 unspecified atom stereocenters. The Balaban J connectivity index is 1.54. The number of benzene rings is 2. The number of para-hydroxylation sites is 2. The van der Waals surface area contributed by atoms with Crippen LogP contribution >= 0.6 is 23.6 Å². The summed E-state index contributed by atoms with van der Waals surface area (Å²) >= 11 is 7.09. The Labute approximate surface area is 166 Å². The molecule has 0 amide bonds. The lowest BCUT2D eigenvalue weighted by molar-refractivity contribution is 0.632. The molecule has 3 N–H and O–H groups in total. The van der Waals surface area contributed by atoms with Gasteiger partial charge in [0.2, 0.25) is 0 Å². The number of hydrogen-bond acceptors (Lipinski definition) is 2. The van der Waals surface area contributed by atoms with Crippen molar-refractivity contribution in [2.45, 2.75) is 5.92 Å². The fourth-order valence-electron chi connectivity index (χ4n) is 3.16. The Bertz CT molecular complexity index is 1060. The highest BCUT2D eigenvalue weighted by Crippen LogP contribution is 2.32. The standard InChI is InChI=1S/C21H18FN3S2/c22-17-7-2-4-9-19(17)25-21(26)24-13-16(20-10-5-11-27-20)15-12-23-18-8-3-1-6-14(15)18/h1-12,16,23H,13H2,(H2,24,25,26)/t16-/m1/s1. The molecule has 27 heavy (non-hydrogen) atoms. The highest BCUT2D eigenvalue weighted by molar-refractivity contribution is 7.80. The van der Waals surface area contributed by atoms with E-state index in [9.17, 15) is 4.39 Å². The molecule has 0 aliphatic carbocycles. The van der Waals surface area contributed by atoms with E-state index in [0.717, 1.165) is 5.52 Å². The van der Waals surface area contributed by atoms with Gasteiger partial charge in [-0.05, 0) is 47.4 Å². The van der Waals surface area contributed by atoms with Crippen molar-refractivity contribution in [1.82, 2.24) is 10.3 Å². The number of aromatic amines is 1. The summed E-state index contributed by atoms with van der Waals surface area (Å²) in [5, 5.41) is 9.86. The predicted octanol–water partition coefficient (Wildman–Crippen LogP) is 5.49. The van der Waals surface area contributed by atoms with Crippen molar-refractivity contribution >= 4 is 45.3 Å². The van der Waals surface area contributed by atoms with Crippen LogP contribution in [0.2, 0.25) is 0 Å². The van der Waals surface area contributed by atoms with Crippen LogP contribution in [0, 0.1) is 5.82 Å². The number of anilines is 1. The topological polar surface area (TPSA) is 39.8 Å². The third kappa shape index (κ3) is 3.86. The fourth-order valence-corrected chi connectivity index (χ4v) is 4.20. The van der Waals surface area contributed by atoms with E-state index < -0.39 is 0 Å². The molecule has 2 aromatic heterocycles. The van der Waals surface area contributed by atoms with Crippen molar-refractivity contribution < 1.29 is 4.39 Å². The minimum Gasteiger partial charge on any atom is -0.361 e. The first-order chi connectivity index (χ1) is 13.2. The van der Waals surface area contributed by atoms with Crippen LogP contribution < -0.4 is 10.6 Å². The summed E-state index contributed by atoms with van der Waals surface area (Å²) in [6.07, 6.45) is 2.06. The molecule has 6 heteroatoms. The molecular weight excluding hydrogens is 377 g/mol. The van der Waals surface area contributed by atoms with Gasteiger partial charge in [0.1, 0.15) is 5.82 Å². The normalized spacial score (nSPS) is 12.0. The molecule has 0 saturated carbocycles. The Morgan fingerprint density at radius 2 is 1.89 bits per heavy atom. The van der Waals surface area contributed by atoms with Crippen LogP contribution in [-0.2, 0) is 0 Å². The number of nitrogens with one attached hydrogen (secondary N) is 3. The maximum Gasteiger partial charge on any atom is 0.170 e. The van der Waals surface area contributed by atoms with Crippen molar-refractivity contribution in [3.05, 3.63) is 88.5 Å². The Morgan fingerprint density at radius 3 is 2.70 bits per heavy atom. The van der Waals surface area contributed by atoms with Crippen LogP contribution in [-0.4, -0.2) is 16.6 Å². The lowest BCUT2D eigenvalue weighted by Gasteiger charge is -2.18. The molecule has 2 heterocycles. The zero-order valence-corrected chi connectivity index (χ0v) is 16.0.